The molecule has 0 fully saturated rings. The summed E-state index contributed by atoms with van der Waals surface area (Å²) in [5.41, 5.74) is 2.46. The Morgan fingerprint density at radius 1 is 1.12 bits per heavy atom. The van der Waals surface area contributed by atoms with Crippen molar-refractivity contribution in [2.75, 3.05) is 12.9 Å². The van der Waals surface area contributed by atoms with E-state index in [1.807, 2.05) is 35.9 Å². The van der Waals surface area contributed by atoms with Gasteiger partial charge < -0.3 is 9.30 Å². The fourth-order valence-corrected chi connectivity index (χ4v) is 3.80. The van der Waals surface area contributed by atoms with Crippen molar-refractivity contribution in [3.05, 3.63) is 65.1 Å². The molecule has 0 saturated heterocycles. The van der Waals surface area contributed by atoms with Crippen molar-refractivity contribution in [1.82, 2.24) is 24.1 Å². The maximum absolute atomic E-state index is 12.5. The summed E-state index contributed by atoms with van der Waals surface area (Å²) in [6.45, 7) is 3.56. The van der Waals surface area contributed by atoms with Gasteiger partial charge in [-0.05, 0) is 48.2 Å². The van der Waals surface area contributed by atoms with E-state index in [1.54, 1.807) is 23.3 Å². The van der Waals surface area contributed by atoms with Gasteiger partial charge in [0.25, 0.3) is 5.56 Å². The molecule has 33 heavy (non-hydrogen) atoms. The number of rotatable bonds is 11. The highest BCUT2D eigenvalue weighted by molar-refractivity contribution is 7.89. The second kappa shape index (κ2) is 10.9. The van der Waals surface area contributed by atoms with Gasteiger partial charge in [-0.15, -0.1) is 0 Å². The van der Waals surface area contributed by atoms with E-state index in [0.717, 1.165) is 41.7 Å². The molecule has 3 aromatic rings. The third-order valence-corrected chi connectivity index (χ3v) is 5.46. The molecule has 0 saturated carbocycles. The Labute approximate surface area is 192 Å². The number of pyridine rings is 1. The number of aryl methyl sites for hydroxylation is 3. The summed E-state index contributed by atoms with van der Waals surface area (Å²) in [4.78, 5) is 28.0. The van der Waals surface area contributed by atoms with E-state index in [2.05, 4.69) is 10.1 Å². The van der Waals surface area contributed by atoms with Gasteiger partial charge in [0, 0.05) is 38.2 Å². The molecule has 0 atom stereocenters. The largest absolute Gasteiger partial charge is 0.493 e. The number of nitrogens with one attached hydrogen (secondary N) is 1. The number of aromatic nitrogens is 4. The Hall–Kier alpha value is -3.47. The molecule has 0 aliphatic rings. The van der Waals surface area contributed by atoms with Crippen molar-refractivity contribution in [1.29, 1.82) is 0 Å². The Morgan fingerprint density at radius 3 is 2.58 bits per heavy atom. The molecule has 10 nitrogen and oxygen atoms in total. The minimum atomic E-state index is -3.57. The normalized spacial score (nSPS) is 11.3. The van der Waals surface area contributed by atoms with Crippen LogP contribution in [0.25, 0.3) is 11.1 Å². The van der Waals surface area contributed by atoms with Crippen molar-refractivity contribution in [3.8, 4) is 16.9 Å². The molecule has 1 aromatic carbocycles. The van der Waals surface area contributed by atoms with Gasteiger partial charge in [0.05, 0.1) is 12.9 Å². The number of carbonyl (C=O) groups excluding carboxylic acids is 1. The van der Waals surface area contributed by atoms with E-state index >= 15 is 0 Å². The number of benzene rings is 1. The zero-order valence-corrected chi connectivity index (χ0v) is 19.4. The maximum Gasteiger partial charge on any atom is 0.251 e. The second-order valence-corrected chi connectivity index (χ2v) is 9.44. The van der Waals surface area contributed by atoms with Crippen molar-refractivity contribution in [3.63, 3.8) is 0 Å². The van der Waals surface area contributed by atoms with E-state index in [-0.39, 0.29) is 12.0 Å². The molecule has 0 spiro atoms. The Balaban J connectivity index is 1.54. The highest BCUT2D eigenvalue weighted by atomic mass is 32.2. The van der Waals surface area contributed by atoms with Gasteiger partial charge in [-0.1, -0.05) is 6.07 Å². The molecule has 2 heterocycles. The lowest BCUT2D eigenvalue weighted by Crippen LogP contribution is -2.29. The van der Waals surface area contributed by atoms with E-state index < -0.39 is 15.9 Å². The van der Waals surface area contributed by atoms with Crippen LogP contribution in [0.1, 0.15) is 24.8 Å². The lowest BCUT2D eigenvalue weighted by atomic mass is 10.0. The van der Waals surface area contributed by atoms with Crippen LogP contribution in [0.5, 0.6) is 5.75 Å². The summed E-state index contributed by atoms with van der Waals surface area (Å²) in [6, 6.07) is 9.16. The predicted molar refractivity (Wildman–Crippen MR) is 123 cm³/mol. The second-order valence-electron chi connectivity index (χ2n) is 7.69. The molecule has 0 unspecified atom stereocenters. The number of hydrogen-bond donors (Lipinski definition) is 1. The Morgan fingerprint density at radius 2 is 1.91 bits per heavy atom. The summed E-state index contributed by atoms with van der Waals surface area (Å²) in [7, 11) is -3.57. The summed E-state index contributed by atoms with van der Waals surface area (Å²) >= 11 is 0. The van der Waals surface area contributed by atoms with Crippen molar-refractivity contribution in [2.45, 2.75) is 39.3 Å². The van der Waals surface area contributed by atoms with Crippen LogP contribution in [-0.4, -0.2) is 46.5 Å². The van der Waals surface area contributed by atoms with E-state index in [0.29, 0.717) is 19.6 Å². The molecule has 176 valence electrons. The SMILES string of the molecule is Cc1cc(-c2ccn(CCCC(=O)NS(C)(=O)=O)c(=O)c2)ccc1OCCCn1cncn1. The highest BCUT2D eigenvalue weighted by Gasteiger charge is 2.09. The first-order valence-corrected chi connectivity index (χ1v) is 12.4. The van der Waals surface area contributed by atoms with Crippen LogP contribution in [0.3, 0.4) is 0 Å². The van der Waals surface area contributed by atoms with Gasteiger partial charge in [-0.3, -0.25) is 19.0 Å². The van der Waals surface area contributed by atoms with Crippen molar-refractivity contribution in [2.24, 2.45) is 0 Å². The van der Waals surface area contributed by atoms with Gasteiger partial charge in [-0.2, -0.15) is 5.10 Å². The molecule has 0 bridgehead atoms. The van der Waals surface area contributed by atoms with Gasteiger partial charge >= 0.3 is 0 Å². The monoisotopic (exact) mass is 473 g/mol. The van der Waals surface area contributed by atoms with Gasteiger partial charge in [0.15, 0.2) is 0 Å². The Kier molecular flexibility index (Phi) is 7.99. The van der Waals surface area contributed by atoms with Gasteiger partial charge in [-0.25, -0.2) is 13.4 Å². The number of carbonyl (C=O) groups is 1. The molecular formula is C22H27N5O5S. The standard InChI is InChI=1S/C22H27N5O5S/c1-17-13-18(6-7-20(17)32-12-4-10-27-16-23-15-24-27)19-8-11-26(22(29)14-19)9-3-5-21(28)25-33(2,30)31/h6-8,11,13-16H,3-5,9-10,12H2,1-2H3,(H,25,28). The van der Waals surface area contributed by atoms with E-state index in [9.17, 15) is 18.0 Å². The third-order valence-electron chi connectivity index (χ3n) is 4.86. The lowest BCUT2D eigenvalue weighted by molar-refractivity contribution is -0.119. The molecule has 1 N–H and O–H groups in total. The summed E-state index contributed by atoms with van der Waals surface area (Å²) in [5.74, 6) is 0.205. The van der Waals surface area contributed by atoms with Crippen molar-refractivity contribution < 1.29 is 17.9 Å². The van der Waals surface area contributed by atoms with Crippen LogP contribution in [0.2, 0.25) is 0 Å². The quantitative estimate of drug-likeness (QED) is 0.421. The van der Waals surface area contributed by atoms with Gasteiger partial charge in [0.1, 0.15) is 18.4 Å². The zero-order chi connectivity index (χ0) is 23.8. The average Bonchev–Trinajstić information content (AvgIpc) is 3.25. The van der Waals surface area contributed by atoms with E-state index in [1.165, 1.54) is 10.9 Å². The number of ether oxygens (including phenoxy) is 1. The fraction of sp³-hybridized carbons (Fsp3) is 0.364. The first kappa shape index (κ1) is 24.2. The minimum absolute atomic E-state index is 0.0146. The molecule has 0 aliphatic heterocycles. The van der Waals surface area contributed by atoms with Crippen LogP contribution >= 0.6 is 0 Å². The molecule has 0 radical (unpaired) electrons. The topological polar surface area (TPSA) is 125 Å². The van der Waals surface area contributed by atoms with Crippen LogP contribution in [0, 0.1) is 6.92 Å². The number of hydrogen-bond acceptors (Lipinski definition) is 7. The summed E-state index contributed by atoms with van der Waals surface area (Å²) < 4.78 is 33.1. The maximum atomic E-state index is 12.5. The van der Waals surface area contributed by atoms with Crippen LogP contribution < -0.4 is 15.0 Å². The lowest BCUT2D eigenvalue weighted by Gasteiger charge is -2.12. The van der Waals surface area contributed by atoms with Crippen molar-refractivity contribution >= 4 is 15.9 Å². The molecule has 3 rings (SSSR count). The van der Waals surface area contributed by atoms with Gasteiger partial charge in [0.2, 0.25) is 15.9 Å². The summed E-state index contributed by atoms with van der Waals surface area (Å²) in [5, 5.41) is 4.06. The molecule has 0 aliphatic carbocycles. The molecular weight excluding hydrogens is 446 g/mol. The number of nitrogens with zero attached hydrogens (tertiary/aromatic N) is 4. The minimum Gasteiger partial charge on any atom is -0.493 e. The number of sulfonamides is 1. The molecule has 2 aromatic heterocycles. The Bertz CT molecular complexity index is 1250. The molecule has 1 amide bonds. The first-order chi connectivity index (χ1) is 15.7. The third kappa shape index (κ3) is 7.56. The smallest absolute Gasteiger partial charge is 0.251 e. The number of amides is 1. The average molecular weight is 474 g/mol. The summed E-state index contributed by atoms with van der Waals surface area (Å²) in [6.07, 6.45) is 6.94. The van der Waals surface area contributed by atoms with Crippen LogP contribution in [0.15, 0.2) is 54.0 Å². The zero-order valence-electron chi connectivity index (χ0n) is 18.6. The van der Waals surface area contributed by atoms with Crippen LogP contribution in [0.4, 0.5) is 0 Å². The molecule has 11 heteroatoms. The predicted octanol–water partition coefficient (Wildman–Crippen LogP) is 1.74. The van der Waals surface area contributed by atoms with E-state index in [4.69, 9.17) is 4.74 Å². The first-order valence-electron chi connectivity index (χ1n) is 10.5. The van der Waals surface area contributed by atoms with Crippen LogP contribution in [-0.2, 0) is 27.9 Å². The highest BCUT2D eigenvalue weighted by Crippen LogP contribution is 2.25. The fourth-order valence-electron chi connectivity index (χ4n) is 3.29.